The number of nitrogens with zero attached hydrogens (tertiary/aromatic N) is 5. The SMILES string of the molecule is CO/N=C(\C(=O)N[C@@H]1C(=O)N2C(C(=O)[O-])=C(C[N+]3(C)CCCC3)CS[C@H]12)c1csc(N)n1.NC(N)=NCCC[C@H](N)C(=O)O. The van der Waals surface area contributed by atoms with Gasteiger partial charge in [0.15, 0.2) is 16.8 Å². The highest BCUT2D eigenvalue weighted by atomic mass is 32.2. The highest BCUT2D eigenvalue weighted by Crippen LogP contribution is 2.41. The number of guanidine groups is 1. The summed E-state index contributed by atoms with van der Waals surface area (Å²) in [5.74, 6) is -3.05. The Bertz CT molecular complexity index is 1340. The van der Waals surface area contributed by atoms with Gasteiger partial charge in [0.05, 0.1) is 31.8 Å². The summed E-state index contributed by atoms with van der Waals surface area (Å²) in [5, 5.41) is 28.0. The highest BCUT2D eigenvalue weighted by Gasteiger charge is 2.53. The average molecular weight is 655 g/mol. The molecule has 1 aromatic heterocycles. The van der Waals surface area contributed by atoms with E-state index in [-0.39, 0.29) is 28.2 Å². The molecule has 2 fully saturated rings. The summed E-state index contributed by atoms with van der Waals surface area (Å²) < 4.78 is 0.757. The maximum atomic E-state index is 12.9. The number of aliphatic imine (C=N–C) groups is 1. The number of quaternary nitrogens is 1. The van der Waals surface area contributed by atoms with E-state index < -0.39 is 41.2 Å². The van der Waals surface area contributed by atoms with Crippen molar-refractivity contribution in [1.82, 2.24) is 15.2 Å². The van der Waals surface area contributed by atoms with Crippen LogP contribution in [0.1, 0.15) is 31.4 Å². The molecule has 2 saturated heterocycles. The van der Waals surface area contributed by atoms with Crippen LogP contribution in [0.25, 0.3) is 0 Å². The molecule has 0 saturated carbocycles. The number of fused-ring (bicyclic) bond motifs is 1. The quantitative estimate of drug-likeness (QED) is 0.0331. The number of likely N-dealkylation sites (N-methyl/N-ethyl adjacent to an activating group) is 1. The molecule has 0 aromatic carbocycles. The van der Waals surface area contributed by atoms with Crippen LogP contribution in [-0.2, 0) is 24.0 Å². The van der Waals surface area contributed by atoms with Crippen molar-refractivity contribution < 1.29 is 38.7 Å². The molecule has 0 unspecified atom stereocenters. The Balaban J connectivity index is 0.000000375. The van der Waals surface area contributed by atoms with Gasteiger partial charge in [-0.25, -0.2) is 4.98 Å². The van der Waals surface area contributed by atoms with Gasteiger partial charge in [0.25, 0.3) is 11.8 Å². The van der Waals surface area contributed by atoms with Crippen LogP contribution >= 0.6 is 23.1 Å². The van der Waals surface area contributed by atoms with Crippen molar-refractivity contribution in [2.75, 3.05) is 51.8 Å². The van der Waals surface area contributed by atoms with E-state index >= 15 is 0 Å². The third-order valence-corrected chi connectivity index (χ3v) is 9.21. The normalized spacial score (nSPS) is 21.3. The zero-order valence-corrected chi connectivity index (χ0v) is 26.1. The zero-order valence-electron chi connectivity index (χ0n) is 24.4. The van der Waals surface area contributed by atoms with Crippen LogP contribution in [0.15, 0.2) is 26.8 Å². The molecule has 0 spiro atoms. The first-order chi connectivity index (χ1) is 20.8. The number of hydrogen-bond donors (Lipinski definition) is 6. The smallest absolute Gasteiger partial charge is 0.320 e. The lowest BCUT2D eigenvalue weighted by atomic mass is 10.0. The van der Waals surface area contributed by atoms with Crippen molar-refractivity contribution in [3.05, 3.63) is 22.3 Å². The highest BCUT2D eigenvalue weighted by molar-refractivity contribution is 8.00. The number of anilines is 1. The molecule has 3 atom stereocenters. The lowest BCUT2D eigenvalue weighted by molar-refractivity contribution is -0.893. The number of rotatable bonds is 12. The lowest BCUT2D eigenvalue weighted by Gasteiger charge is -2.51. The van der Waals surface area contributed by atoms with E-state index in [1.165, 1.54) is 23.8 Å². The summed E-state index contributed by atoms with van der Waals surface area (Å²) in [4.78, 5) is 61.6. The number of nitrogens with one attached hydrogen (secondary N) is 1. The van der Waals surface area contributed by atoms with E-state index in [0.29, 0.717) is 37.3 Å². The maximum absolute atomic E-state index is 12.9. The van der Waals surface area contributed by atoms with E-state index in [1.807, 2.05) is 0 Å². The number of β-lactam (4-membered cyclic amide) rings is 1. The summed E-state index contributed by atoms with van der Waals surface area (Å²) >= 11 is 2.57. The summed E-state index contributed by atoms with van der Waals surface area (Å²) in [5.41, 5.74) is 21.7. The first-order valence-electron chi connectivity index (χ1n) is 13.7. The second-order valence-electron chi connectivity index (χ2n) is 10.6. The molecule has 19 heteroatoms. The molecule has 4 heterocycles. The summed E-state index contributed by atoms with van der Waals surface area (Å²) in [7, 11) is 3.39. The van der Waals surface area contributed by atoms with Crippen LogP contribution in [0.3, 0.4) is 0 Å². The topological polar surface area (TPSA) is 278 Å². The Morgan fingerprint density at radius 2 is 2.00 bits per heavy atom. The molecular formula is C25H38N10O7S2. The minimum Gasteiger partial charge on any atom is -0.543 e. The fourth-order valence-electron chi connectivity index (χ4n) is 5.06. The molecule has 1 aromatic rings. The molecule has 0 radical (unpaired) electrons. The van der Waals surface area contributed by atoms with Gasteiger partial charge in [-0.05, 0) is 12.8 Å². The number of hydrogen-bond acceptors (Lipinski definition) is 13. The Morgan fingerprint density at radius 3 is 2.55 bits per heavy atom. The van der Waals surface area contributed by atoms with Crippen molar-refractivity contribution in [3.8, 4) is 0 Å². The standard InChI is InChI=1S/C19H24N6O5S2.C6H14N4O2/c1-25(5-3-4-6-25)7-10-8-31-17-13(16(27)24(17)14(10)18(28)29)22-15(26)12(23-30-2)11-9-32-19(20)21-11;7-4(5(11)12)2-1-3-10-6(8)9/h9,13,17H,3-8H2,1-2H3,(H3-,20,21,22,26,28,29);4H,1-3,7H2,(H,11,12)(H4,8,9,10)/b23-12-;/t13-,17-;4-/m10/s1. The van der Waals surface area contributed by atoms with Crippen LogP contribution < -0.4 is 33.4 Å². The van der Waals surface area contributed by atoms with Gasteiger partial charge in [0, 0.05) is 36.1 Å². The third kappa shape index (κ3) is 8.58. The second kappa shape index (κ2) is 15.2. The number of carboxylic acids is 2. The number of carbonyl (C=O) groups excluding carboxylic acids is 3. The van der Waals surface area contributed by atoms with E-state index in [1.54, 1.807) is 5.38 Å². The molecular weight excluding hydrogens is 616 g/mol. The molecule has 242 valence electrons. The molecule has 4 rings (SSSR count). The van der Waals surface area contributed by atoms with Crippen LogP contribution in [-0.4, -0.2) is 118 Å². The Morgan fingerprint density at radius 1 is 1.32 bits per heavy atom. The number of nitrogen functional groups attached to an aromatic ring is 1. The average Bonchev–Trinajstić information content (AvgIpc) is 3.59. The number of thiazole rings is 1. The van der Waals surface area contributed by atoms with Crippen LogP contribution in [0.5, 0.6) is 0 Å². The van der Waals surface area contributed by atoms with Crippen molar-refractivity contribution >= 4 is 63.7 Å². The predicted octanol–water partition coefficient (Wildman–Crippen LogP) is -2.83. The monoisotopic (exact) mass is 654 g/mol. The molecule has 44 heavy (non-hydrogen) atoms. The van der Waals surface area contributed by atoms with Crippen molar-refractivity contribution in [1.29, 1.82) is 0 Å². The van der Waals surface area contributed by atoms with Gasteiger partial charge in [-0.15, -0.1) is 23.1 Å². The number of nitrogens with two attached hydrogens (primary N) is 4. The zero-order chi connectivity index (χ0) is 32.6. The lowest BCUT2D eigenvalue weighted by Crippen LogP contribution is -2.71. The first-order valence-corrected chi connectivity index (χ1v) is 15.6. The Hall–Kier alpha value is -3.94. The van der Waals surface area contributed by atoms with Crippen LogP contribution in [0, 0.1) is 0 Å². The minimum atomic E-state index is -1.37. The van der Waals surface area contributed by atoms with Gasteiger partial charge >= 0.3 is 5.97 Å². The summed E-state index contributed by atoms with van der Waals surface area (Å²) in [6, 6.07) is -1.71. The van der Waals surface area contributed by atoms with Crippen LogP contribution in [0.4, 0.5) is 5.13 Å². The van der Waals surface area contributed by atoms with Crippen LogP contribution in [0.2, 0.25) is 0 Å². The number of amides is 2. The number of carbonyl (C=O) groups is 4. The predicted molar refractivity (Wildman–Crippen MR) is 163 cm³/mol. The Kier molecular flexibility index (Phi) is 11.9. The number of aliphatic carboxylic acids is 2. The largest absolute Gasteiger partial charge is 0.543 e. The fraction of sp³-hybridized carbons (Fsp3) is 0.560. The molecule has 3 aliphatic rings. The van der Waals surface area contributed by atoms with E-state index in [2.05, 4.69) is 27.5 Å². The van der Waals surface area contributed by atoms with Gasteiger partial charge in [0.2, 0.25) is 0 Å². The number of thioether (sulfide) groups is 1. The maximum Gasteiger partial charge on any atom is 0.320 e. The molecule has 17 nitrogen and oxygen atoms in total. The van der Waals surface area contributed by atoms with Crippen molar-refractivity contribution in [2.24, 2.45) is 27.3 Å². The Labute approximate surface area is 261 Å². The van der Waals surface area contributed by atoms with Crippen molar-refractivity contribution in [3.63, 3.8) is 0 Å². The number of likely N-dealkylation sites (tertiary alicyclic amines) is 1. The van der Waals surface area contributed by atoms with Gasteiger partial charge in [-0.1, -0.05) is 5.16 Å². The summed E-state index contributed by atoms with van der Waals surface area (Å²) in [6.45, 7) is 2.95. The first kappa shape index (κ1) is 34.5. The summed E-state index contributed by atoms with van der Waals surface area (Å²) in [6.07, 6.45) is 3.16. The van der Waals surface area contributed by atoms with Gasteiger partial charge < -0.3 is 52.6 Å². The molecule has 10 N–H and O–H groups in total. The fourth-order valence-corrected chi connectivity index (χ4v) is 6.94. The van der Waals surface area contributed by atoms with E-state index in [9.17, 15) is 24.3 Å². The third-order valence-electron chi connectivity index (χ3n) is 7.19. The van der Waals surface area contributed by atoms with E-state index in [0.717, 1.165) is 41.8 Å². The number of aromatic nitrogens is 1. The van der Waals surface area contributed by atoms with Gasteiger partial charge in [-0.3, -0.25) is 24.3 Å². The van der Waals surface area contributed by atoms with Gasteiger partial charge in [0.1, 0.15) is 36.8 Å². The molecule has 0 bridgehead atoms. The number of carboxylic acid groups (broad SMARTS) is 2. The molecule has 2 amide bonds. The molecule has 3 aliphatic heterocycles. The number of oxime groups is 1. The second-order valence-corrected chi connectivity index (χ2v) is 12.6. The van der Waals surface area contributed by atoms with E-state index in [4.69, 9.17) is 32.9 Å². The van der Waals surface area contributed by atoms with Gasteiger partial charge in [-0.2, -0.15) is 0 Å². The molecule has 0 aliphatic carbocycles. The van der Waals surface area contributed by atoms with Crippen molar-refractivity contribution in [2.45, 2.75) is 43.1 Å². The minimum absolute atomic E-state index is 0.0129.